The Balaban J connectivity index is 0.00000341. The Hall–Kier alpha value is -2.94. The average molecular weight is 446 g/mol. The normalized spacial score (nSPS) is 13.5. The Bertz CT molecular complexity index is 920. The van der Waals surface area contributed by atoms with Crippen molar-refractivity contribution < 1.29 is 14.7 Å². The third kappa shape index (κ3) is 6.52. The van der Waals surface area contributed by atoms with E-state index in [4.69, 9.17) is 11.1 Å². The van der Waals surface area contributed by atoms with Crippen LogP contribution in [0.1, 0.15) is 22.3 Å². The molecule has 8 nitrogen and oxygen atoms in total. The molecular formula is C22H28ClN5O3. The number of benzene rings is 2. The molecule has 0 saturated heterocycles. The van der Waals surface area contributed by atoms with Crippen LogP contribution in [0, 0.1) is 5.41 Å². The van der Waals surface area contributed by atoms with Crippen LogP contribution in [0.5, 0.6) is 0 Å². The van der Waals surface area contributed by atoms with Gasteiger partial charge in [-0.05, 0) is 23.1 Å². The Morgan fingerprint density at radius 3 is 2.45 bits per heavy atom. The molecule has 0 aliphatic carbocycles. The van der Waals surface area contributed by atoms with Crippen LogP contribution in [0.2, 0.25) is 0 Å². The van der Waals surface area contributed by atoms with Crippen LogP contribution in [0.25, 0.3) is 0 Å². The maximum absolute atomic E-state index is 12.5. The van der Waals surface area contributed by atoms with Gasteiger partial charge in [-0.2, -0.15) is 0 Å². The van der Waals surface area contributed by atoms with Gasteiger partial charge < -0.3 is 21.1 Å². The smallest absolute Gasteiger partial charge is 0.242 e. The first-order chi connectivity index (χ1) is 14.5. The number of hydrogen-bond acceptors (Lipinski definition) is 5. The number of halogens is 1. The molecule has 6 N–H and O–H groups in total. The Morgan fingerprint density at radius 1 is 1.13 bits per heavy atom. The number of amides is 2. The molecule has 0 aromatic heterocycles. The summed E-state index contributed by atoms with van der Waals surface area (Å²) < 4.78 is 0. The predicted octanol–water partition coefficient (Wildman–Crippen LogP) is 0.544. The van der Waals surface area contributed by atoms with Gasteiger partial charge in [-0.3, -0.25) is 20.3 Å². The molecule has 0 bridgehead atoms. The number of aliphatic hydroxyl groups excluding tert-OH is 1. The third-order valence-corrected chi connectivity index (χ3v) is 5.21. The second kappa shape index (κ2) is 11.5. The van der Waals surface area contributed by atoms with Crippen LogP contribution in [0.3, 0.4) is 0 Å². The standard InChI is InChI=1S/C22H27N5O3.ClH/c23-21(24)17-7-5-15(6-8-17)11-25-19(14-28)22(30)26-12-20(29)27-10-9-16-3-1-2-4-18(16)13-27;/h1-8,19,25,28H,9-14H2,(H3,23,24)(H,26,30);1H. The first kappa shape index (κ1) is 24.3. The molecule has 1 atom stereocenters. The van der Waals surface area contributed by atoms with Crippen molar-refractivity contribution in [3.8, 4) is 0 Å². The number of nitrogen functional groups attached to an aromatic ring is 1. The minimum atomic E-state index is -0.827. The van der Waals surface area contributed by atoms with Crippen LogP contribution >= 0.6 is 12.4 Å². The summed E-state index contributed by atoms with van der Waals surface area (Å²) in [6, 6.07) is 14.3. The highest BCUT2D eigenvalue weighted by Crippen LogP contribution is 2.18. The van der Waals surface area contributed by atoms with Crippen LogP contribution in [0.4, 0.5) is 0 Å². The molecule has 0 fully saturated rings. The van der Waals surface area contributed by atoms with E-state index in [-0.39, 0.29) is 37.3 Å². The van der Waals surface area contributed by atoms with E-state index in [0.717, 1.165) is 17.5 Å². The van der Waals surface area contributed by atoms with Gasteiger partial charge in [0.15, 0.2) is 0 Å². The summed E-state index contributed by atoms with van der Waals surface area (Å²) in [5.74, 6) is -0.582. The summed E-state index contributed by atoms with van der Waals surface area (Å²) in [6.07, 6.45) is 0.805. The zero-order valence-electron chi connectivity index (χ0n) is 17.1. The molecule has 2 aromatic carbocycles. The van der Waals surface area contributed by atoms with E-state index in [9.17, 15) is 14.7 Å². The molecule has 2 amide bonds. The fraction of sp³-hybridized carbons (Fsp3) is 0.318. The lowest BCUT2D eigenvalue weighted by Gasteiger charge is -2.29. The summed E-state index contributed by atoms with van der Waals surface area (Å²) in [5, 5.41) is 22.5. The quantitative estimate of drug-likeness (QED) is 0.299. The van der Waals surface area contributed by atoms with Crippen molar-refractivity contribution in [3.63, 3.8) is 0 Å². The second-order valence-corrected chi connectivity index (χ2v) is 7.28. The molecule has 31 heavy (non-hydrogen) atoms. The molecule has 0 spiro atoms. The van der Waals surface area contributed by atoms with Gasteiger partial charge in [0, 0.05) is 25.2 Å². The summed E-state index contributed by atoms with van der Waals surface area (Å²) in [6.45, 7) is 1.04. The average Bonchev–Trinajstić information content (AvgIpc) is 2.77. The number of carbonyl (C=O) groups excluding carboxylic acids is 2. The summed E-state index contributed by atoms with van der Waals surface area (Å²) in [7, 11) is 0. The Labute approximate surface area is 187 Å². The fourth-order valence-corrected chi connectivity index (χ4v) is 3.39. The number of fused-ring (bicyclic) bond motifs is 1. The highest BCUT2D eigenvalue weighted by atomic mass is 35.5. The Morgan fingerprint density at radius 2 is 1.81 bits per heavy atom. The lowest BCUT2D eigenvalue weighted by atomic mass is 10.00. The van der Waals surface area contributed by atoms with Gasteiger partial charge in [0.2, 0.25) is 11.8 Å². The van der Waals surface area contributed by atoms with Crippen molar-refractivity contribution in [2.24, 2.45) is 5.73 Å². The van der Waals surface area contributed by atoms with Gasteiger partial charge in [-0.15, -0.1) is 12.4 Å². The number of nitrogens with zero attached hydrogens (tertiary/aromatic N) is 1. The SMILES string of the molecule is Cl.N=C(N)c1ccc(CNC(CO)C(=O)NCC(=O)N2CCc3ccccc3C2)cc1. The molecule has 9 heteroatoms. The maximum atomic E-state index is 12.5. The highest BCUT2D eigenvalue weighted by Gasteiger charge is 2.22. The number of aliphatic hydroxyl groups is 1. The van der Waals surface area contributed by atoms with Crippen LogP contribution in [-0.4, -0.2) is 53.4 Å². The van der Waals surface area contributed by atoms with E-state index in [2.05, 4.69) is 16.7 Å². The number of hydrogen-bond donors (Lipinski definition) is 5. The minimum absolute atomic E-state index is 0. The van der Waals surface area contributed by atoms with Crippen molar-refractivity contribution in [1.82, 2.24) is 15.5 Å². The van der Waals surface area contributed by atoms with E-state index in [1.54, 1.807) is 29.2 Å². The number of rotatable bonds is 8. The second-order valence-electron chi connectivity index (χ2n) is 7.28. The van der Waals surface area contributed by atoms with Crippen LogP contribution < -0.4 is 16.4 Å². The van der Waals surface area contributed by atoms with Crippen molar-refractivity contribution in [3.05, 3.63) is 70.8 Å². The maximum Gasteiger partial charge on any atom is 0.242 e. The molecule has 2 aromatic rings. The lowest BCUT2D eigenvalue weighted by Crippen LogP contribution is -2.49. The molecule has 1 aliphatic rings. The molecular weight excluding hydrogens is 418 g/mol. The summed E-state index contributed by atoms with van der Waals surface area (Å²) in [4.78, 5) is 26.6. The number of amidine groups is 1. The zero-order chi connectivity index (χ0) is 21.5. The first-order valence-corrected chi connectivity index (χ1v) is 9.87. The fourth-order valence-electron chi connectivity index (χ4n) is 3.39. The van der Waals surface area contributed by atoms with Gasteiger partial charge in [0.05, 0.1) is 13.2 Å². The third-order valence-electron chi connectivity index (χ3n) is 5.21. The van der Waals surface area contributed by atoms with Crippen molar-refractivity contribution in [1.29, 1.82) is 5.41 Å². The van der Waals surface area contributed by atoms with E-state index in [0.29, 0.717) is 25.2 Å². The van der Waals surface area contributed by atoms with Gasteiger partial charge in [-0.25, -0.2) is 0 Å². The first-order valence-electron chi connectivity index (χ1n) is 9.87. The molecule has 0 radical (unpaired) electrons. The summed E-state index contributed by atoms with van der Waals surface area (Å²) >= 11 is 0. The molecule has 1 heterocycles. The van der Waals surface area contributed by atoms with Gasteiger partial charge in [0.1, 0.15) is 11.9 Å². The van der Waals surface area contributed by atoms with Crippen LogP contribution in [0.15, 0.2) is 48.5 Å². The van der Waals surface area contributed by atoms with E-state index < -0.39 is 11.9 Å². The lowest BCUT2D eigenvalue weighted by molar-refractivity contribution is -0.134. The van der Waals surface area contributed by atoms with Crippen molar-refractivity contribution in [2.75, 3.05) is 19.7 Å². The van der Waals surface area contributed by atoms with Crippen LogP contribution in [-0.2, 0) is 29.1 Å². The monoisotopic (exact) mass is 445 g/mol. The number of nitrogens with two attached hydrogens (primary N) is 1. The van der Waals surface area contributed by atoms with E-state index >= 15 is 0 Å². The molecule has 1 unspecified atom stereocenters. The molecule has 166 valence electrons. The zero-order valence-corrected chi connectivity index (χ0v) is 18.0. The molecule has 1 aliphatic heterocycles. The molecule has 3 rings (SSSR count). The highest BCUT2D eigenvalue weighted by molar-refractivity contribution is 5.94. The predicted molar refractivity (Wildman–Crippen MR) is 121 cm³/mol. The van der Waals surface area contributed by atoms with E-state index in [1.807, 2.05) is 18.2 Å². The summed E-state index contributed by atoms with van der Waals surface area (Å²) in [5.41, 5.74) is 9.33. The van der Waals surface area contributed by atoms with E-state index in [1.165, 1.54) is 5.56 Å². The number of nitrogens with one attached hydrogen (secondary N) is 3. The topological polar surface area (TPSA) is 132 Å². The largest absolute Gasteiger partial charge is 0.394 e. The Kier molecular flexibility index (Phi) is 8.99. The van der Waals surface area contributed by atoms with Gasteiger partial charge in [-0.1, -0.05) is 48.5 Å². The minimum Gasteiger partial charge on any atom is -0.394 e. The molecule has 0 saturated carbocycles. The van der Waals surface area contributed by atoms with Crippen molar-refractivity contribution >= 4 is 30.1 Å². The number of carbonyl (C=O) groups is 2. The van der Waals surface area contributed by atoms with Crippen molar-refractivity contribution in [2.45, 2.75) is 25.6 Å². The van der Waals surface area contributed by atoms with Gasteiger partial charge in [0.25, 0.3) is 0 Å². The van der Waals surface area contributed by atoms with Gasteiger partial charge >= 0.3 is 0 Å².